The number of hydrogen-bond donors (Lipinski definition) is 1. The number of para-hydroxylation sites is 1. The van der Waals surface area contributed by atoms with Crippen LogP contribution in [-0.4, -0.2) is 12.6 Å². The molecule has 0 atom stereocenters. The smallest absolute Gasteiger partial charge is 0.331 e. The van der Waals surface area contributed by atoms with Crippen LogP contribution in [0.3, 0.4) is 0 Å². The van der Waals surface area contributed by atoms with Crippen LogP contribution in [0.25, 0.3) is 4.48 Å². The molecule has 0 heterocycles. The molecule has 0 aliphatic carbocycles. The Balaban J connectivity index is 2.14. The van der Waals surface area contributed by atoms with Crippen LogP contribution in [0, 0.1) is 0 Å². The average molecular weight is 360 g/mol. The highest BCUT2D eigenvalue weighted by atomic mass is 79.9. The van der Waals surface area contributed by atoms with Crippen molar-refractivity contribution < 1.29 is 9.53 Å². The van der Waals surface area contributed by atoms with E-state index in [0.717, 1.165) is 17.8 Å². The van der Waals surface area contributed by atoms with E-state index in [2.05, 4.69) is 33.4 Å². The highest BCUT2D eigenvalue weighted by Crippen LogP contribution is 2.28. The van der Waals surface area contributed by atoms with Gasteiger partial charge in [-0.15, -0.1) is 0 Å². The van der Waals surface area contributed by atoms with Crippen LogP contribution < -0.4 is 5.32 Å². The first-order valence-electron chi connectivity index (χ1n) is 7.12. The van der Waals surface area contributed by atoms with E-state index in [1.54, 1.807) is 6.92 Å². The summed E-state index contributed by atoms with van der Waals surface area (Å²) in [5.74, 6) is -0.354. The minimum absolute atomic E-state index is 0.354. The first kappa shape index (κ1) is 16.3. The second-order valence-electron chi connectivity index (χ2n) is 4.63. The van der Waals surface area contributed by atoms with E-state index in [1.165, 1.54) is 11.6 Å². The predicted molar refractivity (Wildman–Crippen MR) is 93.7 cm³/mol. The minimum atomic E-state index is -0.354. The molecule has 0 radical (unpaired) electrons. The first-order chi connectivity index (χ1) is 10.7. The maximum Gasteiger partial charge on any atom is 0.331 e. The van der Waals surface area contributed by atoms with Gasteiger partial charge in [0.25, 0.3) is 0 Å². The summed E-state index contributed by atoms with van der Waals surface area (Å²) in [7, 11) is 0. The van der Waals surface area contributed by atoms with Crippen molar-refractivity contribution in [2.75, 3.05) is 11.9 Å². The number of esters is 1. The molecule has 2 rings (SSSR count). The molecule has 22 heavy (non-hydrogen) atoms. The van der Waals surface area contributed by atoms with Crippen LogP contribution in [-0.2, 0) is 16.1 Å². The molecule has 0 saturated heterocycles. The van der Waals surface area contributed by atoms with E-state index in [4.69, 9.17) is 4.74 Å². The van der Waals surface area contributed by atoms with E-state index in [0.29, 0.717) is 11.1 Å². The summed E-state index contributed by atoms with van der Waals surface area (Å²) in [6.45, 7) is 2.87. The van der Waals surface area contributed by atoms with Crippen molar-refractivity contribution >= 4 is 32.1 Å². The number of benzene rings is 2. The molecule has 2 aromatic carbocycles. The fourth-order valence-electron chi connectivity index (χ4n) is 2.00. The van der Waals surface area contributed by atoms with Gasteiger partial charge in [-0.05, 0) is 34.5 Å². The molecule has 0 aliphatic rings. The van der Waals surface area contributed by atoms with Crippen LogP contribution in [0.5, 0.6) is 0 Å². The number of carbonyl (C=O) groups excluding carboxylic acids is 1. The van der Waals surface area contributed by atoms with Gasteiger partial charge in [-0.1, -0.05) is 48.5 Å². The van der Waals surface area contributed by atoms with Crippen molar-refractivity contribution in [3.8, 4) is 0 Å². The molecule has 1 N–H and O–H groups in total. The van der Waals surface area contributed by atoms with Crippen LogP contribution in [0.1, 0.15) is 18.1 Å². The lowest BCUT2D eigenvalue weighted by atomic mass is 10.1. The molecular weight excluding hydrogens is 342 g/mol. The second kappa shape index (κ2) is 8.39. The van der Waals surface area contributed by atoms with Crippen molar-refractivity contribution in [3.05, 3.63) is 71.8 Å². The van der Waals surface area contributed by atoms with E-state index >= 15 is 0 Å². The molecule has 4 heteroatoms. The normalized spacial score (nSPS) is 11.1. The average Bonchev–Trinajstić information content (AvgIpc) is 2.54. The number of rotatable bonds is 6. The summed E-state index contributed by atoms with van der Waals surface area (Å²) in [6, 6.07) is 18.0. The van der Waals surface area contributed by atoms with Crippen molar-refractivity contribution in [2.45, 2.75) is 13.5 Å². The van der Waals surface area contributed by atoms with Gasteiger partial charge in [-0.3, -0.25) is 0 Å². The Labute approximate surface area is 139 Å². The Kier molecular flexibility index (Phi) is 6.22. The molecule has 0 fully saturated rings. The van der Waals surface area contributed by atoms with Gasteiger partial charge in [-0.25, -0.2) is 4.79 Å². The standard InChI is InChI=1S/C18H18BrNO2/c1-2-22-18(21)12-16(19)15-10-6-7-11-17(15)20-13-14-8-4-3-5-9-14/h3-12,20H,2,13H2,1H3. The topological polar surface area (TPSA) is 38.3 Å². The lowest BCUT2D eigenvalue weighted by Crippen LogP contribution is -2.03. The predicted octanol–water partition coefficient (Wildman–Crippen LogP) is 4.60. The van der Waals surface area contributed by atoms with Gasteiger partial charge in [0.2, 0.25) is 0 Å². The molecule has 3 nitrogen and oxygen atoms in total. The number of carbonyl (C=O) groups is 1. The highest BCUT2D eigenvalue weighted by molar-refractivity contribution is 9.15. The van der Waals surface area contributed by atoms with Gasteiger partial charge in [0.15, 0.2) is 0 Å². The fourth-order valence-corrected chi connectivity index (χ4v) is 2.54. The van der Waals surface area contributed by atoms with E-state index in [9.17, 15) is 4.79 Å². The maximum atomic E-state index is 11.6. The summed E-state index contributed by atoms with van der Waals surface area (Å²) < 4.78 is 5.63. The summed E-state index contributed by atoms with van der Waals surface area (Å²) in [5, 5.41) is 3.39. The molecule has 2 aromatic rings. The number of anilines is 1. The van der Waals surface area contributed by atoms with Crippen molar-refractivity contribution in [1.82, 2.24) is 0 Å². The van der Waals surface area contributed by atoms with E-state index in [-0.39, 0.29) is 5.97 Å². The monoisotopic (exact) mass is 359 g/mol. The Morgan fingerprint density at radius 1 is 1.14 bits per heavy atom. The molecule has 0 aliphatic heterocycles. The Morgan fingerprint density at radius 3 is 2.55 bits per heavy atom. The summed E-state index contributed by atoms with van der Waals surface area (Å²) in [6.07, 6.45) is 1.45. The molecular formula is C18H18BrNO2. The molecule has 114 valence electrons. The Bertz CT molecular complexity index is 653. The molecule has 0 bridgehead atoms. The van der Waals surface area contributed by atoms with Gasteiger partial charge < -0.3 is 10.1 Å². The number of ether oxygens (including phenoxy) is 1. The number of hydrogen-bond acceptors (Lipinski definition) is 3. The third-order valence-corrected chi connectivity index (χ3v) is 3.70. The summed E-state index contributed by atoms with van der Waals surface area (Å²) in [5.41, 5.74) is 3.08. The zero-order valence-electron chi connectivity index (χ0n) is 12.4. The first-order valence-corrected chi connectivity index (χ1v) is 7.91. The quantitative estimate of drug-likeness (QED) is 0.605. The van der Waals surface area contributed by atoms with Gasteiger partial charge >= 0.3 is 5.97 Å². The van der Waals surface area contributed by atoms with Gasteiger partial charge in [-0.2, -0.15) is 0 Å². The third-order valence-electron chi connectivity index (χ3n) is 3.04. The molecule has 0 amide bonds. The van der Waals surface area contributed by atoms with Gasteiger partial charge in [0.05, 0.1) is 6.61 Å². The van der Waals surface area contributed by atoms with Crippen LogP contribution >= 0.6 is 15.9 Å². The van der Waals surface area contributed by atoms with Gasteiger partial charge in [0, 0.05) is 28.4 Å². The SMILES string of the molecule is CCOC(=O)C=C(Br)c1ccccc1NCc1ccccc1. The lowest BCUT2D eigenvalue weighted by Gasteiger charge is -2.12. The van der Waals surface area contributed by atoms with Gasteiger partial charge in [0.1, 0.15) is 0 Å². The lowest BCUT2D eigenvalue weighted by molar-refractivity contribution is -0.137. The summed E-state index contributed by atoms with van der Waals surface area (Å²) in [4.78, 5) is 11.6. The van der Waals surface area contributed by atoms with E-state index < -0.39 is 0 Å². The fraction of sp³-hybridized carbons (Fsp3) is 0.167. The zero-order chi connectivity index (χ0) is 15.8. The van der Waals surface area contributed by atoms with Crippen molar-refractivity contribution in [1.29, 1.82) is 0 Å². The van der Waals surface area contributed by atoms with E-state index in [1.807, 2.05) is 42.5 Å². The van der Waals surface area contributed by atoms with Crippen LogP contribution in [0.15, 0.2) is 60.7 Å². The number of nitrogens with one attached hydrogen (secondary N) is 1. The minimum Gasteiger partial charge on any atom is -0.463 e. The highest BCUT2D eigenvalue weighted by Gasteiger charge is 2.07. The summed E-state index contributed by atoms with van der Waals surface area (Å²) >= 11 is 3.45. The molecule has 0 aromatic heterocycles. The Morgan fingerprint density at radius 2 is 1.82 bits per heavy atom. The van der Waals surface area contributed by atoms with Crippen LogP contribution in [0.2, 0.25) is 0 Å². The zero-order valence-corrected chi connectivity index (χ0v) is 14.0. The molecule has 0 spiro atoms. The molecule has 0 unspecified atom stereocenters. The van der Waals surface area contributed by atoms with Crippen molar-refractivity contribution in [2.24, 2.45) is 0 Å². The molecule has 0 saturated carbocycles. The van der Waals surface area contributed by atoms with Crippen LogP contribution in [0.4, 0.5) is 5.69 Å². The Hall–Kier alpha value is -2.07. The third kappa shape index (κ3) is 4.74. The largest absolute Gasteiger partial charge is 0.463 e. The second-order valence-corrected chi connectivity index (χ2v) is 5.48. The maximum absolute atomic E-state index is 11.6. The number of halogens is 1. The van der Waals surface area contributed by atoms with Crippen molar-refractivity contribution in [3.63, 3.8) is 0 Å².